The molecular weight excluding hydrogens is 347 g/mol. The number of halogens is 1. The summed E-state index contributed by atoms with van der Waals surface area (Å²) in [4.78, 5) is 11.8. The van der Waals surface area contributed by atoms with Gasteiger partial charge in [0.2, 0.25) is 0 Å². The van der Waals surface area contributed by atoms with Crippen molar-refractivity contribution in [1.29, 1.82) is 0 Å². The van der Waals surface area contributed by atoms with Crippen molar-refractivity contribution in [3.8, 4) is 0 Å². The molecule has 0 aliphatic carbocycles. The Hall–Kier alpha value is -2.45. The van der Waals surface area contributed by atoms with Crippen LogP contribution in [0.3, 0.4) is 0 Å². The first-order valence-electron chi connectivity index (χ1n) is 7.46. The van der Waals surface area contributed by atoms with E-state index < -0.39 is 27.5 Å². The van der Waals surface area contributed by atoms with E-state index in [2.05, 4.69) is 5.32 Å². The highest BCUT2D eigenvalue weighted by molar-refractivity contribution is 7.90. The Bertz CT molecular complexity index is 847. The number of carbonyl (C=O) groups excluding carboxylic acids is 1. The van der Waals surface area contributed by atoms with E-state index in [-0.39, 0.29) is 11.4 Å². The van der Waals surface area contributed by atoms with Crippen molar-refractivity contribution < 1.29 is 22.7 Å². The van der Waals surface area contributed by atoms with Gasteiger partial charge in [-0.05, 0) is 43.7 Å². The predicted octanol–water partition coefficient (Wildman–Crippen LogP) is 2.03. The first kappa shape index (κ1) is 18.9. The summed E-state index contributed by atoms with van der Waals surface area (Å²) in [6.07, 6.45) is 0. The number of aryl methyl sites for hydroxylation is 1. The summed E-state index contributed by atoms with van der Waals surface area (Å²) in [6.45, 7) is 2.98. The second kappa shape index (κ2) is 7.20. The fourth-order valence-electron chi connectivity index (χ4n) is 2.10. The van der Waals surface area contributed by atoms with Crippen LogP contribution in [-0.2, 0) is 15.6 Å². The number of carbonyl (C=O) groups is 1. The topological polar surface area (TPSA) is 95.5 Å². The zero-order valence-corrected chi connectivity index (χ0v) is 14.6. The van der Waals surface area contributed by atoms with Crippen LogP contribution in [0.15, 0.2) is 53.4 Å². The van der Waals surface area contributed by atoms with Crippen LogP contribution in [0.4, 0.5) is 9.18 Å². The molecule has 0 spiro atoms. The summed E-state index contributed by atoms with van der Waals surface area (Å²) in [5.74, 6) is -0.450. The van der Waals surface area contributed by atoms with E-state index in [4.69, 9.17) is 0 Å². The average molecular weight is 366 g/mol. The number of benzene rings is 2. The lowest BCUT2D eigenvalue weighted by Crippen LogP contribution is -2.45. The van der Waals surface area contributed by atoms with Crippen LogP contribution in [0.5, 0.6) is 0 Å². The van der Waals surface area contributed by atoms with E-state index in [9.17, 15) is 22.7 Å². The van der Waals surface area contributed by atoms with Gasteiger partial charge in [-0.15, -0.1) is 0 Å². The first-order chi connectivity index (χ1) is 11.6. The average Bonchev–Trinajstić information content (AvgIpc) is 2.53. The molecule has 0 radical (unpaired) electrons. The van der Waals surface area contributed by atoms with Crippen LogP contribution >= 0.6 is 0 Å². The van der Waals surface area contributed by atoms with Gasteiger partial charge < -0.3 is 10.4 Å². The van der Waals surface area contributed by atoms with Crippen molar-refractivity contribution in [2.24, 2.45) is 0 Å². The fraction of sp³-hybridized carbons (Fsp3) is 0.235. The molecule has 2 aromatic rings. The third kappa shape index (κ3) is 5.01. The van der Waals surface area contributed by atoms with Crippen LogP contribution < -0.4 is 10.0 Å². The molecule has 0 aromatic heterocycles. The molecule has 0 aliphatic heterocycles. The lowest BCUT2D eigenvalue weighted by Gasteiger charge is -2.24. The molecule has 0 fully saturated rings. The second-order valence-corrected chi connectivity index (χ2v) is 7.56. The van der Waals surface area contributed by atoms with Crippen molar-refractivity contribution in [2.75, 3.05) is 6.54 Å². The highest BCUT2D eigenvalue weighted by Gasteiger charge is 2.25. The first-order valence-corrected chi connectivity index (χ1v) is 8.94. The largest absolute Gasteiger partial charge is 0.384 e. The normalized spacial score (nSPS) is 13.8. The van der Waals surface area contributed by atoms with Gasteiger partial charge >= 0.3 is 6.03 Å². The summed E-state index contributed by atoms with van der Waals surface area (Å²) in [7, 11) is -4.01. The summed E-state index contributed by atoms with van der Waals surface area (Å²) in [5.41, 5.74) is -0.215. The molecule has 25 heavy (non-hydrogen) atoms. The number of hydrogen-bond donors (Lipinski definition) is 3. The van der Waals surface area contributed by atoms with Crippen LogP contribution in [0.2, 0.25) is 0 Å². The number of sulfonamides is 1. The fourth-order valence-corrected chi connectivity index (χ4v) is 3.03. The maximum absolute atomic E-state index is 12.9. The Morgan fingerprint density at radius 1 is 1.12 bits per heavy atom. The third-order valence-corrected chi connectivity index (χ3v) is 4.96. The zero-order valence-electron chi connectivity index (χ0n) is 13.8. The summed E-state index contributed by atoms with van der Waals surface area (Å²) < 4.78 is 39.0. The minimum Gasteiger partial charge on any atom is -0.384 e. The smallest absolute Gasteiger partial charge is 0.328 e. The van der Waals surface area contributed by atoms with Gasteiger partial charge in [0.15, 0.2) is 0 Å². The quantitative estimate of drug-likeness (QED) is 0.754. The van der Waals surface area contributed by atoms with Crippen molar-refractivity contribution >= 4 is 16.1 Å². The molecule has 0 bridgehead atoms. The molecule has 134 valence electrons. The minimum absolute atomic E-state index is 0.0430. The van der Waals surface area contributed by atoms with E-state index >= 15 is 0 Å². The molecule has 0 aliphatic rings. The van der Waals surface area contributed by atoms with Crippen LogP contribution in [0.25, 0.3) is 0 Å². The van der Waals surface area contributed by atoms with Gasteiger partial charge in [0, 0.05) is 0 Å². The summed E-state index contributed by atoms with van der Waals surface area (Å²) >= 11 is 0. The van der Waals surface area contributed by atoms with Crippen LogP contribution in [0, 0.1) is 12.7 Å². The zero-order chi connectivity index (χ0) is 18.7. The number of amides is 2. The van der Waals surface area contributed by atoms with E-state index in [1.165, 1.54) is 43.3 Å². The molecule has 2 rings (SSSR count). The van der Waals surface area contributed by atoms with Gasteiger partial charge in [0.25, 0.3) is 10.0 Å². The molecule has 0 saturated heterocycles. The standard InChI is InChI=1S/C17H19FN2O4S/c1-12-3-9-15(10-4-12)25(23,24)20-16(21)19-11-17(2,22)13-5-7-14(18)8-6-13/h3-10,22H,11H2,1-2H3,(H2,19,20,21). The second-order valence-electron chi connectivity index (χ2n) is 5.88. The molecule has 8 heteroatoms. The number of rotatable bonds is 5. The molecule has 1 unspecified atom stereocenters. The molecule has 2 amide bonds. The van der Waals surface area contributed by atoms with Gasteiger partial charge in [0.1, 0.15) is 11.4 Å². The molecule has 3 N–H and O–H groups in total. The summed E-state index contributed by atoms with van der Waals surface area (Å²) in [6, 6.07) is 10.2. The minimum atomic E-state index is -4.01. The van der Waals surface area contributed by atoms with Gasteiger partial charge in [-0.25, -0.2) is 22.3 Å². The van der Waals surface area contributed by atoms with Crippen LogP contribution in [-0.4, -0.2) is 26.1 Å². The van der Waals surface area contributed by atoms with Crippen molar-refractivity contribution in [3.63, 3.8) is 0 Å². The number of aliphatic hydroxyl groups is 1. The maximum atomic E-state index is 12.9. The Balaban J connectivity index is 2.00. The van der Waals surface area contributed by atoms with E-state index in [1.807, 2.05) is 11.6 Å². The molecule has 1 atom stereocenters. The molecular formula is C17H19FN2O4S. The van der Waals surface area contributed by atoms with Gasteiger partial charge in [-0.1, -0.05) is 29.8 Å². The highest BCUT2D eigenvalue weighted by atomic mass is 32.2. The van der Waals surface area contributed by atoms with Crippen molar-refractivity contribution in [1.82, 2.24) is 10.0 Å². The Labute approximate surface area is 145 Å². The summed E-state index contributed by atoms with van der Waals surface area (Å²) in [5, 5.41) is 12.7. The Kier molecular flexibility index (Phi) is 5.44. The number of hydrogen-bond acceptors (Lipinski definition) is 4. The number of urea groups is 1. The highest BCUT2D eigenvalue weighted by Crippen LogP contribution is 2.19. The third-order valence-electron chi connectivity index (χ3n) is 3.62. The van der Waals surface area contributed by atoms with Gasteiger partial charge in [-0.2, -0.15) is 0 Å². The Morgan fingerprint density at radius 3 is 2.24 bits per heavy atom. The molecule has 0 saturated carbocycles. The number of nitrogens with one attached hydrogen (secondary N) is 2. The van der Waals surface area contributed by atoms with Gasteiger partial charge in [-0.3, -0.25) is 0 Å². The van der Waals surface area contributed by atoms with E-state index in [0.29, 0.717) is 5.56 Å². The predicted molar refractivity (Wildman–Crippen MR) is 90.9 cm³/mol. The monoisotopic (exact) mass is 366 g/mol. The maximum Gasteiger partial charge on any atom is 0.328 e. The van der Waals surface area contributed by atoms with E-state index in [0.717, 1.165) is 5.56 Å². The molecule has 2 aromatic carbocycles. The van der Waals surface area contributed by atoms with Crippen LogP contribution in [0.1, 0.15) is 18.1 Å². The molecule has 6 nitrogen and oxygen atoms in total. The van der Waals surface area contributed by atoms with Gasteiger partial charge in [0.05, 0.1) is 11.4 Å². The lowest BCUT2D eigenvalue weighted by atomic mass is 9.96. The SMILES string of the molecule is Cc1ccc(S(=O)(=O)NC(=O)NCC(C)(O)c2ccc(F)cc2)cc1. The van der Waals surface area contributed by atoms with Crippen molar-refractivity contribution in [2.45, 2.75) is 24.3 Å². The molecule has 0 heterocycles. The van der Waals surface area contributed by atoms with E-state index in [1.54, 1.807) is 12.1 Å². The Morgan fingerprint density at radius 2 is 1.68 bits per heavy atom. The lowest BCUT2D eigenvalue weighted by molar-refractivity contribution is 0.0595. The van der Waals surface area contributed by atoms with Crippen molar-refractivity contribution in [3.05, 3.63) is 65.5 Å².